The molecule has 0 atom stereocenters. The molecule has 1 aromatic carbocycles. The summed E-state index contributed by atoms with van der Waals surface area (Å²) >= 11 is 1.08. The van der Waals surface area contributed by atoms with Crippen LogP contribution in [0, 0.1) is 0 Å². The van der Waals surface area contributed by atoms with Gasteiger partial charge >= 0.3 is 5.97 Å². The molecule has 5 nitrogen and oxygen atoms in total. The molecule has 0 saturated heterocycles. The van der Waals surface area contributed by atoms with Crippen LogP contribution in [-0.4, -0.2) is 26.5 Å². The fourth-order valence-corrected chi connectivity index (χ4v) is 4.31. The Morgan fingerprint density at radius 1 is 1.39 bits per heavy atom. The molecule has 0 bridgehead atoms. The van der Waals surface area contributed by atoms with Gasteiger partial charge in [-0.15, -0.1) is 11.3 Å². The summed E-state index contributed by atoms with van der Waals surface area (Å²) in [5.41, 5.74) is 0.345. The number of carboxylic acids is 1. The molecule has 18 heavy (non-hydrogen) atoms. The van der Waals surface area contributed by atoms with Gasteiger partial charge in [0.05, 0.1) is 6.42 Å². The lowest BCUT2D eigenvalue weighted by molar-refractivity contribution is -0.136. The SMILES string of the molecule is CNS(=O)(=O)c1sc2ccccc2c1CC(=O)O. The Kier molecular flexibility index (Phi) is 3.38. The van der Waals surface area contributed by atoms with Crippen LogP contribution in [0.2, 0.25) is 0 Å². The maximum Gasteiger partial charge on any atom is 0.307 e. The van der Waals surface area contributed by atoms with Crippen molar-refractivity contribution in [2.45, 2.75) is 10.6 Å². The molecule has 0 unspecified atom stereocenters. The van der Waals surface area contributed by atoms with Crippen molar-refractivity contribution in [2.24, 2.45) is 0 Å². The zero-order valence-corrected chi connectivity index (χ0v) is 11.1. The fraction of sp³-hybridized carbons (Fsp3) is 0.182. The molecule has 0 radical (unpaired) electrons. The number of carbonyl (C=O) groups is 1. The van der Waals surface area contributed by atoms with Gasteiger partial charge in [-0.3, -0.25) is 4.79 Å². The zero-order valence-electron chi connectivity index (χ0n) is 9.50. The van der Waals surface area contributed by atoms with Crippen molar-refractivity contribution in [2.75, 3.05) is 7.05 Å². The standard InChI is InChI=1S/C11H11NO4S2/c1-12-18(15,16)11-8(6-10(13)14)7-4-2-3-5-9(7)17-11/h2-5,12H,6H2,1H3,(H,13,14). The van der Waals surface area contributed by atoms with Crippen LogP contribution in [-0.2, 0) is 21.2 Å². The van der Waals surface area contributed by atoms with Crippen molar-refractivity contribution in [3.63, 3.8) is 0 Å². The first-order valence-electron chi connectivity index (χ1n) is 5.11. The molecule has 0 amide bonds. The number of rotatable bonds is 4. The van der Waals surface area contributed by atoms with E-state index >= 15 is 0 Å². The number of hydrogen-bond acceptors (Lipinski definition) is 4. The summed E-state index contributed by atoms with van der Waals surface area (Å²) in [7, 11) is -2.32. The summed E-state index contributed by atoms with van der Waals surface area (Å²) in [5, 5.41) is 9.58. The lowest BCUT2D eigenvalue weighted by atomic mass is 10.1. The lowest BCUT2D eigenvalue weighted by Crippen LogP contribution is -2.19. The smallest absolute Gasteiger partial charge is 0.307 e. The van der Waals surface area contributed by atoms with E-state index in [0.717, 1.165) is 16.0 Å². The molecule has 2 N–H and O–H groups in total. The van der Waals surface area contributed by atoms with Gasteiger partial charge in [0, 0.05) is 10.3 Å². The average molecular weight is 285 g/mol. The van der Waals surface area contributed by atoms with Crippen LogP contribution in [0.4, 0.5) is 0 Å². The van der Waals surface area contributed by atoms with E-state index in [1.807, 2.05) is 0 Å². The molecule has 0 fully saturated rings. The summed E-state index contributed by atoms with van der Waals surface area (Å²) in [6.45, 7) is 0. The number of sulfonamides is 1. The maximum atomic E-state index is 11.9. The number of aliphatic carboxylic acids is 1. The van der Waals surface area contributed by atoms with Crippen LogP contribution in [0.1, 0.15) is 5.56 Å². The molecule has 0 saturated carbocycles. The van der Waals surface area contributed by atoms with E-state index in [9.17, 15) is 13.2 Å². The maximum absolute atomic E-state index is 11.9. The summed E-state index contributed by atoms with van der Waals surface area (Å²) in [5.74, 6) is -1.05. The second-order valence-corrected chi connectivity index (χ2v) is 6.78. The minimum atomic E-state index is -3.63. The van der Waals surface area contributed by atoms with Gasteiger partial charge in [-0.25, -0.2) is 13.1 Å². The first kappa shape index (κ1) is 13.0. The Hall–Kier alpha value is -1.44. The van der Waals surface area contributed by atoms with E-state index in [1.54, 1.807) is 24.3 Å². The molecular formula is C11H11NO4S2. The van der Waals surface area contributed by atoms with Gasteiger partial charge in [0.1, 0.15) is 4.21 Å². The topological polar surface area (TPSA) is 83.5 Å². The molecular weight excluding hydrogens is 274 g/mol. The molecule has 96 valence electrons. The highest BCUT2D eigenvalue weighted by Gasteiger charge is 2.23. The van der Waals surface area contributed by atoms with Crippen LogP contribution in [0.3, 0.4) is 0 Å². The zero-order chi connectivity index (χ0) is 13.3. The Labute approximate surface area is 108 Å². The van der Waals surface area contributed by atoms with E-state index in [0.29, 0.717) is 10.9 Å². The van der Waals surface area contributed by atoms with Gasteiger partial charge in [-0.2, -0.15) is 0 Å². The third-order valence-electron chi connectivity index (χ3n) is 2.50. The second kappa shape index (κ2) is 4.68. The summed E-state index contributed by atoms with van der Waals surface area (Å²) in [6.07, 6.45) is -0.305. The Morgan fingerprint density at radius 3 is 2.67 bits per heavy atom. The van der Waals surface area contributed by atoms with Gasteiger partial charge in [0.2, 0.25) is 10.0 Å². The predicted molar refractivity (Wildman–Crippen MR) is 69.4 cm³/mol. The van der Waals surface area contributed by atoms with Crippen molar-refractivity contribution >= 4 is 37.4 Å². The summed E-state index contributed by atoms with van der Waals surface area (Å²) in [6, 6.07) is 7.06. The number of benzene rings is 1. The number of nitrogens with one attached hydrogen (secondary N) is 1. The van der Waals surface area contributed by atoms with Crippen molar-refractivity contribution in [3.05, 3.63) is 29.8 Å². The molecule has 0 aliphatic carbocycles. The Morgan fingerprint density at radius 2 is 2.06 bits per heavy atom. The Balaban J connectivity index is 2.76. The van der Waals surface area contributed by atoms with Crippen molar-refractivity contribution in [1.29, 1.82) is 0 Å². The quantitative estimate of drug-likeness (QED) is 0.890. The van der Waals surface area contributed by atoms with Gasteiger partial charge in [0.15, 0.2) is 0 Å². The largest absolute Gasteiger partial charge is 0.481 e. The van der Waals surface area contributed by atoms with Gasteiger partial charge in [-0.05, 0) is 18.5 Å². The first-order chi connectivity index (χ1) is 8.45. The van der Waals surface area contributed by atoms with E-state index in [-0.39, 0.29) is 10.6 Å². The van der Waals surface area contributed by atoms with Gasteiger partial charge in [-0.1, -0.05) is 18.2 Å². The van der Waals surface area contributed by atoms with Crippen molar-refractivity contribution in [3.8, 4) is 0 Å². The third kappa shape index (κ3) is 2.24. The molecule has 1 heterocycles. The minimum absolute atomic E-state index is 0.0774. The third-order valence-corrected chi connectivity index (χ3v) is 5.69. The van der Waals surface area contributed by atoms with E-state index in [1.165, 1.54) is 7.05 Å². The molecule has 0 aliphatic rings. The molecule has 2 rings (SSSR count). The molecule has 0 spiro atoms. The highest BCUT2D eigenvalue weighted by Crippen LogP contribution is 2.34. The summed E-state index contributed by atoms with van der Waals surface area (Å²) in [4.78, 5) is 10.9. The normalized spacial score (nSPS) is 11.8. The van der Waals surface area contributed by atoms with E-state index in [4.69, 9.17) is 5.11 Å². The monoisotopic (exact) mass is 285 g/mol. The number of carboxylic acid groups (broad SMARTS) is 1. The number of fused-ring (bicyclic) bond motifs is 1. The van der Waals surface area contributed by atoms with E-state index < -0.39 is 16.0 Å². The molecule has 2 aromatic rings. The second-order valence-electron chi connectivity index (χ2n) is 3.64. The molecule has 1 aromatic heterocycles. The first-order valence-corrected chi connectivity index (χ1v) is 7.41. The van der Waals surface area contributed by atoms with E-state index in [2.05, 4.69) is 4.72 Å². The van der Waals surface area contributed by atoms with Gasteiger partial charge < -0.3 is 5.11 Å². The summed E-state index contributed by atoms with van der Waals surface area (Å²) < 4.78 is 26.8. The van der Waals surface area contributed by atoms with Crippen LogP contribution in [0.15, 0.2) is 28.5 Å². The van der Waals surface area contributed by atoms with Crippen LogP contribution in [0.25, 0.3) is 10.1 Å². The highest BCUT2D eigenvalue weighted by atomic mass is 32.2. The average Bonchev–Trinajstić information content (AvgIpc) is 2.68. The van der Waals surface area contributed by atoms with Crippen molar-refractivity contribution < 1.29 is 18.3 Å². The lowest BCUT2D eigenvalue weighted by Gasteiger charge is -2.02. The fourth-order valence-electron chi connectivity index (χ4n) is 1.70. The van der Waals surface area contributed by atoms with Crippen molar-refractivity contribution in [1.82, 2.24) is 4.72 Å². The predicted octanol–water partition coefficient (Wildman–Crippen LogP) is 1.44. The van der Waals surface area contributed by atoms with Gasteiger partial charge in [0.25, 0.3) is 0 Å². The van der Waals surface area contributed by atoms with Crippen LogP contribution >= 0.6 is 11.3 Å². The minimum Gasteiger partial charge on any atom is -0.481 e. The highest BCUT2D eigenvalue weighted by molar-refractivity contribution is 7.91. The Bertz CT molecular complexity index is 703. The van der Waals surface area contributed by atoms with Crippen LogP contribution in [0.5, 0.6) is 0 Å². The molecule has 7 heteroatoms. The van der Waals surface area contributed by atoms with Crippen LogP contribution < -0.4 is 4.72 Å². The number of thiophene rings is 1. The molecule has 0 aliphatic heterocycles. The number of hydrogen-bond donors (Lipinski definition) is 2.